The highest BCUT2D eigenvalue weighted by Crippen LogP contribution is 2.35. The van der Waals surface area contributed by atoms with E-state index in [1.165, 1.54) is 0 Å². The molecule has 2 N–H and O–H groups in total. The third-order valence-corrected chi connectivity index (χ3v) is 5.09. The van der Waals surface area contributed by atoms with Crippen molar-refractivity contribution in [1.82, 2.24) is 20.7 Å². The lowest BCUT2D eigenvalue weighted by Gasteiger charge is -2.33. The minimum Gasteiger partial charge on any atom is -0.322 e. The predicted molar refractivity (Wildman–Crippen MR) is 79.6 cm³/mol. The van der Waals surface area contributed by atoms with Crippen molar-refractivity contribution >= 4 is 17.8 Å². The van der Waals surface area contributed by atoms with Gasteiger partial charge in [0.2, 0.25) is 0 Å². The van der Waals surface area contributed by atoms with E-state index >= 15 is 0 Å². The molecular formula is C15H24N4O3. The number of carbonyl (C=O) groups excluding carboxylic acids is 3. The van der Waals surface area contributed by atoms with Crippen LogP contribution in [0, 0.1) is 5.92 Å². The number of urea groups is 1. The van der Waals surface area contributed by atoms with Gasteiger partial charge in [-0.25, -0.2) is 4.79 Å². The van der Waals surface area contributed by atoms with Crippen LogP contribution in [0.2, 0.25) is 0 Å². The molecule has 3 rings (SSSR count). The molecule has 0 unspecified atom stereocenters. The Morgan fingerprint density at radius 1 is 1.27 bits per heavy atom. The summed E-state index contributed by atoms with van der Waals surface area (Å²) in [4.78, 5) is 38.7. The third-order valence-electron chi connectivity index (χ3n) is 5.09. The van der Waals surface area contributed by atoms with Gasteiger partial charge in [-0.15, -0.1) is 0 Å². The second-order valence-electron chi connectivity index (χ2n) is 6.85. The van der Waals surface area contributed by atoms with Crippen molar-refractivity contribution in [3.8, 4) is 0 Å². The van der Waals surface area contributed by atoms with Gasteiger partial charge in [0.25, 0.3) is 11.8 Å². The van der Waals surface area contributed by atoms with Crippen LogP contribution in [0.25, 0.3) is 0 Å². The lowest BCUT2D eigenvalue weighted by molar-refractivity contribution is -0.140. The van der Waals surface area contributed by atoms with E-state index < -0.39 is 11.6 Å². The molecule has 0 bridgehead atoms. The summed E-state index contributed by atoms with van der Waals surface area (Å²) in [6.45, 7) is 4.19. The SMILES string of the molecule is CC1CCC2(CC1)NC(=O)N(NC(=O)CN1CCCC1)C2=O. The van der Waals surface area contributed by atoms with E-state index in [9.17, 15) is 14.4 Å². The van der Waals surface area contributed by atoms with Crippen molar-refractivity contribution in [3.05, 3.63) is 0 Å². The minimum absolute atomic E-state index is 0.237. The van der Waals surface area contributed by atoms with Crippen molar-refractivity contribution in [1.29, 1.82) is 0 Å². The minimum atomic E-state index is -0.801. The molecule has 122 valence electrons. The highest BCUT2D eigenvalue weighted by atomic mass is 16.2. The zero-order valence-corrected chi connectivity index (χ0v) is 13.1. The van der Waals surface area contributed by atoms with Gasteiger partial charge in [0.1, 0.15) is 5.54 Å². The van der Waals surface area contributed by atoms with Crippen molar-refractivity contribution in [2.24, 2.45) is 5.92 Å². The number of hydrazine groups is 1. The molecule has 3 aliphatic rings. The normalized spacial score (nSPS) is 32.6. The van der Waals surface area contributed by atoms with Crippen molar-refractivity contribution in [2.45, 2.75) is 51.0 Å². The number of carbonyl (C=O) groups is 3. The molecule has 1 aliphatic carbocycles. The number of hydrogen-bond acceptors (Lipinski definition) is 4. The van der Waals surface area contributed by atoms with Crippen LogP contribution < -0.4 is 10.7 Å². The first-order chi connectivity index (χ1) is 10.5. The molecule has 0 radical (unpaired) electrons. The molecule has 0 aromatic heterocycles. The van der Waals surface area contributed by atoms with Gasteiger partial charge in [0, 0.05) is 0 Å². The molecule has 0 aromatic carbocycles. The van der Waals surface area contributed by atoms with Crippen LogP contribution in [0.5, 0.6) is 0 Å². The van der Waals surface area contributed by atoms with Crippen molar-refractivity contribution in [3.63, 3.8) is 0 Å². The summed E-state index contributed by atoms with van der Waals surface area (Å²) >= 11 is 0. The van der Waals surface area contributed by atoms with E-state index in [4.69, 9.17) is 0 Å². The molecule has 7 heteroatoms. The number of rotatable bonds is 3. The number of imide groups is 1. The van der Waals surface area contributed by atoms with Crippen LogP contribution in [-0.2, 0) is 9.59 Å². The predicted octanol–water partition coefficient (Wildman–Crippen LogP) is 0.614. The van der Waals surface area contributed by atoms with Crippen LogP contribution in [0.1, 0.15) is 45.4 Å². The summed E-state index contributed by atoms with van der Waals surface area (Å²) in [5.41, 5.74) is 1.68. The Morgan fingerprint density at radius 3 is 2.55 bits per heavy atom. The monoisotopic (exact) mass is 308 g/mol. The van der Waals surface area contributed by atoms with Gasteiger partial charge in [-0.2, -0.15) is 5.01 Å². The number of nitrogens with one attached hydrogen (secondary N) is 2. The highest BCUT2D eigenvalue weighted by Gasteiger charge is 2.52. The highest BCUT2D eigenvalue weighted by molar-refractivity contribution is 6.08. The van der Waals surface area contributed by atoms with Gasteiger partial charge in [0.15, 0.2) is 0 Å². The number of hydrogen-bond donors (Lipinski definition) is 2. The van der Waals surface area contributed by atoms with E-state index in [0.29, 0.717) is 18.8 Å². The first-order valence-electron chi connectivity index (χ1n) is 8.19. The van der Waals surface area contributed by atoms with Crippen LogP contribution >= 0.6 is 0 Å². The smallest absolute Gasteiger partial charge is 0.322 e. The summed E-state index contributed by atoms with van der Waals surface area (Å²) in [6.07, 6.45) is 5.33. The Balaban J connectivity index is 1.60. The second kappa shape index (κ2) is 5.87. The molecule has 2 heterocycles. The average molecular weight is 308 g/mol. The van der Waals surface area contributed by atoms with Gasteiger partial charge in [0.05, 0.1) is 6.54 Å². The van der Waals surface area contributed by atoms with Crippen LogP contribution in [0.4, 0.5) is 4.79 Å². The zero-order valence-electron chi connectivity index (χ0n) is 13.1. The molecule has 0 aromatic rings. The van der Waals surface area contributed by atoms with E-state index in [1.807, 2.05) is 4.90 Å². The molecule has 2 aliphatic heterocycles. The second-order valence-corrected chi connectivity index (χ2v) is 6.85. The molecule has 0 atom stereocenters. The van der Waals surface area contributed by atoms with Crippen LogP contribution in [-0.4, -0.2) is 52.9 Å². The summed E-state index contributed by atoms with van der Waals surface area (Å²) in [5, 5.41) is 3.68. The summed E-state index contributed by atoms with van der Waals surface area (Å²) in [7, 11) is 0. The van der Waals surface area contributed by atoms with Gasteiger partial charge < -0.3 is 5.32 Å². The molecule has 1 spiro atoms. The summed E-state index contributed by atoms with van der Waals surface area (Å²) in [6, 6.07) is -0.505. The molecule has 1 saturated carbocycles. The van der Waals surface area contributed by atoms with Gasteiger partial charge in [-0.1, -0.05) is 6.92 Å². The Bertz CT molecular complexity index is 479. The molecule has 3 fully saturated rings. The molecular weight excluding hydrogens is 284 g/mol. The summed E-state index contributed by atoms with van der Waals surface area (Å²) in [5.74, 6) is -0.0278. The van der Waals surface area contributed by atoms with E-state index in [-0.39, 0.29) is 18.4 Å². The van der Waals surface area contributed by atoms with E-state index in [2.05, 4.69) is 17.7 Å². The lowest BCUT2D eigenvalue weighted by atomic mass is 9.77. The van der Waals surface area contributed by atoms with Gasteiger partial charge in [-0.3, -0.25) is 19.9 Å². The topological polar surface area (TPSA) is 81.8 Å². The Morgan fingerprint density at radius 2 is 1.91 bits per heavy atom. The number of nitrogens with zero attached hydrogens (tertiary/aromatic N) is 2. The van der Waals surface area contributed by atoms with Crippen LogP contribution in [0.3, 0.4) is 0 Å². The first-order valence-corrected chi connectivity index (χ1v) is 8.19. The van der Waals surface area contributed by atoms with Gasteiger partial charge in [-0.05, 0) is 57.5 Å². The summed E-state index contributed by atoms with van der Waals surface area (Å²) < 4.78 is 0. The quantitative estimate of drug-likeness (QED) is 0.749. The number of amides is 4. The zero-order chi connectivity index (χ0) is 15.7. The van der Waals surface area contributed by atoms with Crippen molar-refractivity contribution < 1.29 is 14.4 Å². The van der Waals surface area contributed by atoms with E-state index in [0.717, 1.165) is 43.8 Å². The number of likely N-dealkylation sites (tertiary alicyclic amines) is 1. The van der Waals surface area contributed by atoms with Crippen molar-refractivity contribution in [2.75, 3.05) is 19.6 Å². The standard InChI is InChI=1S/C15H24N4O3/c1-11-4-6-15(7-5-11)13(21)19(14(22)16-15)17-12(20)10-18-8-2-3-9-18/h11H,2-10H2,1H3,(H,16,22)(H,17,20). The maximum Gasteiger partial charge on any atom is 0.344 e. The maximum atomic E-state index is 12.6. The lowest BCUT2D eigenvalue weighted by Crippen LogP contribution is -2.52. The largest absolute Gasteiger partial charge is 0.344 e. The molecule has 22 heavy (non-hydrogen) atoms. The fourth-order valence-electron chi connectivity index (χ4n) is 3.62. The average Bonchev–Trinajstić information content (AvgIpc) is 3.06. The first kappa shape index (κ1) is 15.3. The fraction of sp³-hybridized carbons (Fsp3) is 0.800. The molecule has 2 saturated heterocycles. The Kier molecular flexibility index (Phi) is 4.08. The third kappa shape index (κ3) is 2.82. The van der Waals surface area contributed by atoms with Gasteiger partial charge >= 0.3 is 6.03 Å². The molecule has 4 amide bonds. The Hall–Kier alpha value is -1.63. The fourth-order valence-corrected chi connectivity index (χ4v) is 3.62. The Labute approximate surface area is 130 Å². The molecule has 7 nitrogen and oxygen atoms in total. The maximum absolute atomic E-state index is 12.6. The van der Waals surface area contributed by atoms with Crippen LogP contribution in [0.15, 0.2) is 0 Å². The van der Waals surface area contributed by atoms with E-state index in [1.54, 1.807) is 0 Å².